The molecule has 1 saturated heterocycles. The van der Waals surface area contributed by atoms with E-state index in [9.17, 15) is 0 Å². The molecule has 1 spiro atoms. The van der Waals surface area contributed by atoms with Crippen molar-refractivity contribution < 1.29 is 27.6 Å². The first kappa shape index (κ1) is 40.5. The summed E-state index contributed by atoms with van der Waals surface area (Å²) in [6.45, 7) is 43.2. The van der Waals surface area contributed by atoms with Crippen LogP contribution in [0.15, 0.2) is 30.3 Å². The van der Waals surface area contributed by atoms with Crippen LogP contribution in [-0.2, 0) is 10.8 Å². The van der Waals surface area contributed by atoms with Gasteiger partial charge in [0, 0.05) is 19.4 Å². The van der Waals surface area contributed by atoms with Gasteiger partial charge in [0.15, 0.2) is 23.9 Å². The lowest BCUT2D eigenvalue weighted by Crippen LogP contribution is -2.61. The van der Waals surface area contributed by atoms with Gasteiger partial charge in [-0.15, -0.1) is 0 Å². The third-order valence-electron chi connectivity index (χ3n) is 13.6. The Hall–Kier alpha value is -2.70. The molecule has 1 atom stereocenters. The van der Waals surface area contributed by atoms with Crippen LogP contribution in [0.3, 0.4) is 0 Å². The van der Waals surface area contributed by atoms with E-state index in [-0.39, 0.29) is 16.4 Å². The fourth-order valence-corrected chi connectivity index (χ4v) is 9.30. The highest BCUT2D eigenvalue weighted by Gasteiger charge is 2.75. The summed E-state index contributed by atoms with van der Waals surface area (Å²) < 4.78 is 21.5. The zero-order valence-corrected chi connectivity index (χ0v) is 35.9. The summed E-state index contributed by atoms with van der Waals surface area (Å²) >= 11 is 0. The van der Waals surface area contributed by atoms with Gasteiger partial charge < -0.3 is 18.4 Å². The summed E-state index contributed by atoms with van der Waals surface area (Å²) in [4.78, 5) is 0. The molecule has 288 valence electrons. The van der Waals surface area contributed by atoms with E-state index in [2.05, 4.69) is 149 Å². The quantitative estimate of drug-likeness (QED) is 0.136. The molecule has 0 radical (unpaired) electrons. The molecule has 0 amide bonds. The van der Waals surface area contributed by atoms with Crippen molar-refractivity contribution in [1.29, 1.82) is 0 Å². The minimum atomic E-state index is -1.06. The minimum absolute atomic E-state index is 0.0305. The number of quaternary nitrogens is 2. The Morgan fingerprint density at radius 1 is 0.692 bits per heavy atom. The normalized spacial score (nSPS) is 19.6. The average molecular weight is 717 g/mol. The minimum Gasteiger partial charge on any atom is -0.341 e. The molecule has 6 nitrogen and oxygen atoms in total. The largest absolute Gasteiger partial charge is 0.704 e. The monoisotopic (exact) mass is 717 g/mol. The van der Waals surface area contributed by atoms with Gasteiger partial charge in [-0.2, -0.15) is 0 Å². The highest BCUT2D eigenvalue weighted by atomic mass is 16.7. The second-order valence-electron chi connectivity index (χ2n) is 19.1. The van der Waals surface area contributed by atoms with Crippen LogP contribution in [0.1, 0.15) is 156 Å². The van der Waals surface area contributed by atoms with Crippen LogP contribution in [0.4, 0.5) is 0 Å². The van der Waals surface area contributed by atoms with Crippen LogP contribution < -0.4 is 9.47 Å². The summed E-state index contributed by atoms with van der Waals surface area (Å²) in [5.41, 5.74) is 6.06. The molecular formula is C46H76N4O2+4. The van der Waals surface area contributed by atoms with Crippen LogP contribution in [0.2, 0.25) is 0 Å². The molecule has 0 N–H and O–H groups in total. The third-order valence-corrected chi connectivity index (χ3v) is 13.6. The second kappa shape index (κ2) is 14.9. The summed E-state index contributed by atoms with van der Waals surface area (Å²) in [6.07, 6.45) is 9.65. The number of benzene rings is 2. The van der Waals surface area contributed by atoms with Gasteiger partial charge in [-0.3, -0.25) is 0 Å². The number of nitrogens with zero attached hydrogens (tertiary/aromatic N) is 4. The Morgan fingerprint density at radius 2 is 1.25 bits per heavy atom. The van der Waals surface area contributed by atoms with Crippen molar-refractivity contribution >= 4 is 12.4 Å². The molecular weight excluding hydrogens is 641 g/mol. The van der Waals surface area contributed by atoms with Crippen molar-refractivity contribution in [2.45, 2.75) is 151 Å². The summed E-state index contributed by atoms with van der Waals surface area (Å²) in [5.74, 6) is 2.38. The molecule has 2 aromatic carbocycles. The first-order valence-electron chi connectivity index (χ1n) is 21.0. The number of fused-ring (bicyclic) bond motifs is 2. The van der Waals surface area contributed by atoms with Crippen molar-refractivity contribution in [2.24, 2.45) is 0 Å². The van der Waals surface area contributed by atoms with Crippen molar-refractivity contribution in [2.75, 3.05) is 58.9 Å². The maximum atomic E-state index is 7.24. The Bertz CT molecular complexity index is 1600. The van der Waals surface area contributed by atoms with Crippen LogP contribution in [-0.4, -0.2) is 101 Å². The van der Waals surface area contributed by atoms with E-state index in [0.29, 0.717) is 5.92 Å². The van der Waals surface area contributed by atoms with Crippen LogP contribution in [0, 0.1) is 0 Å². The number of ether oxygens (including phenoxy) is 2. The number of hydrogen-bond acceptors (Lipinski definition) is 2. The molecule has 0 saturated carbocycles. The molecule has 1 unspecified atom stereocenters. The number of rotatable bonds is 15. The van der Waals surface area contributed by atoms with Gasteiger partial charge in [-0.25, -0.2) is 0 Å². The van der Waals surface area contributed by atoms with E-state index in [1.807, 2.05) is 0 Å². The van der Waals surface area contributed by atoms with E-state index >= 15 is 0 Å². The van der Waals surface area contributed by atoms with E-state index < -0.39 is 6.03 Å². The van der Waals surface area contributed by atoms with Gasteiger partial charge in [0.25, 0.3) is 0 Å². The van der Waals surface area contributed by atoms with Gasteiger partial charge in [-0.1, -0.05) is 62.8 Å². The van der Waals surface area contributed by atoms with Crippen molar-refractivity contribution in [3.63, 3.8) is 0 Å². The zero-order valence-electron chi connectivity index (χ0n) is 35.9. The molecule has 2 aromatic rings. The smallest absolute Gasteiger partial charge is 0.341 e. The lowest BCUT2D eigenvalue weighted by molar-refractivity contribution is -0.923. The summed E-state index contributed by atoms with van der Waals surface area (Å²) in [6, 6.07) is 10.7. The van der Waals surface area contributed by atoms with Crippen LogP contribution in [0.5, 0.6) is 11.5 Å². The molecule has 0 aliphatic carbocycles. The standard InChI is InChI=1S/C46H76N4O2/c1-15-49(16-2,17-3)27-21-23-35(24-22-28-50(18-4,19-5)20-6)36-25-26-41-37(29-36)32-47-34-45(13,14)48-33-38-30-39(43(7,8)9)31-40(44(10,11)12)42(38)52-46(47,48)51-41/h25-26,29-33,35H,15-24,27-28,34H2,1-14H3/q+4. The molecule has 0 aromatic heterocycles. The molecule has 0 bridgehead atoms. The fourth-order valence-electron chi connectivity index (χ4n) is 9.30. The Labute approximate surface area is 318 Å². The van der Waals surface area contributed by atoms with Gasteiger partial charge in [0.2, 0.25) is 12.1 Å². The van der Waals surface area contributed by atoms with Crippen molar-refractivity contribution in [1.82, 2.24) is 0 Å². The lowest BCUT2D eigenvalue weighted by Gasteiger charge is -2.37. The molecule has 3 heterocycles. The lowest BCUT2D eigenvalue weighted by atomic mass is 9.79. The Balaban J connectivity index is 1.51. The Morgan fingerprint density at radius 3 is 1.75 bits per heavy atom. The van der Waals surface area contributed by atoms with E-state index in [4.69, 9.17) is 9.47 Å². The third kappa shape index (κ3) is 7.63. The van der Waals surface area contributed by atoms with Crippen molar-refractivity contribution in [3.05, 3.63) is 58.1 Å². The summed E-state index contributed by atoms with van der Waals surface area (Å²) in [7, 11) is 0. The van der Waals surface area contributed by atoms with E-state index in [0.717, 1.165) is 23.6 Å². The Kier molecular flexibility index (Phi) is 11.6. The van der Waals surface area contributed by atoms with Gasteiger partial charge in [0.1, 0.15) is 0 Å². The maximum absolute atomic E-state index is 7.24. The predicted octanol–water partition coefficient (Wildman–Crippen LogP) is 9.43. The fraction of sp³-hybridized carbons (Fsp3) is 0.696. The average Bonchev–Trinajstić information content (AvgIpc) is 3.32. The van der Waals surface area contributed by atoms with Gasteiger partial charge in [-0.05, 0) is 113 Å². The second-order valence-corrected chi connectivity index (χ2v) is 19.1. The van der Waals surface area contributed by atoms with E-state index in [1.54, 1.807) is 0 Å². The maximum Gasteiger partial charge on any atom is 0.704 e. The highest BCUT2D eigenvalue weighted by molar-refractivity contribution is 5.84. The highest BCUT2D eigenvalue weighted by Crippen LogP contribution is 2.46. The molecule has 5 rings (SSSR count). The predicted molar refractivity (Wildman–Crippen MR) is 219 cm³/mol. The topological polar surface area (TPSA) is 24.5 Å². The van der Waals surface area contributed by atoms with Crippen molar-refractivity contribution in [3.8, 4) is 11.5 Å². The summed E-state index contributed by atoms with van der Waals surface area (Å²) in [5, 5.41) is 0. The van der Waals surface area contributed by atoms with Crippen LogP contribution >= 0.6 is 0 Å². The first-order valence-corrected chi connectivity index (χ1v) is 21.0. The van der Waals surface area contributed by atoms with Gasteiger partial charge >= 0.3 is 6.03 Å². The molecule has 1 fully saturated rings. The molecule has 3 aliphatic rings. The molecule has 3 aliphatic heterocycles. The first-order chi connectivity index (χ1) is 24.3. The van der Waals surface area contributed by atoms with Gasteiger partial charge in [0.05, 0.1) is 63.5 Å². The molecule has 52 heavy (non-hydrogen) atoms. The SMILES string of the molecule is CC[N+](CC)(CC)CCCC(CCC[N+](CC)(CC)CC)c1ccc2c(c1)C=[N+]1CC(C)(C)[N+]3=Cc4cc(C(C)(C)C)cc(C(C)(C)C)c4OC13O2. The molecule has 6 heteroatoms. The number of hydrogen-bond donors (Lipinski definition) is 0. The van der Waals surface area contributed by atoms with E-state index in [1.165, 1.54) is 109 Å². The zero-order chi connectivity index (χ0) is 38.3. The van der Waals surface area contributed by atoms with Crippen LogP contribution in [0.25, 0.3) is 0 Å².